The molecule has 0 heterocycles. The maximum absolute atomic E-state index is 10.5. The summed E-state index contributed by atoms with van der Waals surface area (Å²) in [5.41, 5.74) is 0. The van der Waals surface area contributed by atoms with E-state index in [4.69, 9.17) is 9.90 Å². The lowest BCUT2D eigenvalue weighted by Gasteiger charge is -2.05. The molecule has 0 aromatic rings. The summed E-state index contributed by atoms with van der Waals surface area (Å²) in [6.07, 6.45) is 5.24. The van der Waals surface area contributed by atoms with Crippen molar-refractivity contribution in [2.24, 2.45) is 0 Å². The summed E-state index contributed by atoms with van der Waals surface area (Å²) in [7, 11) is 0. The molecule has 1 aliphatic carbocycles. The van der Waals surface area contributed by atoms with Gasteiger partial charge in [0.15, 0.2) is 0 Å². The summed E-state index contributed by atoms with van der Waals surface area (Å²) in [4.78, 5) is 19.5. The third-order valence-corrected chi connectivity index (χ3v) is 1.41. The fourth-order valence-corrected chi connectivity index (χ4v) is 0.946. The minimum Gasteiger partial charge on any atom is -0.481 e. The van der Waals surface area contributed by atoms with Crippen LogP contribution in [0.4, 0.5) is 0 Å². The molecule has 4 N–H and O–H groups in total. The first kappa shape index (κ1) is 13.7. The molecule has 0 unspecified atom stereocenters. The van der Waals surface area contributed by atoms with Crippen molar-refractivity contribution in [3.05, 3.63) is 0 Å². The normalized spacial score (nSPS) is 15.2. The fourth-order valence-electron chi connectivity index (χ4n) is 0.946. The fraction of sp³-hybridized carbons (Fsp3) is 0.750. The summed E-state index contributed by atoms with van der Waals surface area (Å²) in [5.74, 6) is -0.369. The lowest BCUT2D eigenvalue weighted by molar-refractivity contribution is -0.134. The number of hydrogen-bond donors (Lipinski definition) is 2. The zero-order chi connectivity index (χ0) is 8.69. The van der Waals surface area contributed by atoms with Crippen LogP contribution in [0.5, 0.6) is 0 Å². The largest absolute Gasteiger partial charge is 0.481 e. The molecule has 72 valence electrons. The van der Waals surface area contributed by atoms with E-state index in [0.29, 0.717) is 5.78 Å². The van der Waals surface area contributed by atoms with E-state index in [2.05, 4.69) is 0 Å². The highest BCUT2D eigenvalue weighted by molar-refractivity contribution is 5.78. The van der Waals surface area contributed by atoms with E-state index in [1.165, 1.54) is 6.42 Å². The Kier molecular flexibility index (Phi) is 9.34. The van der Waals surface area contributed by atoms with Crippen LogP contribution in [0, 0.1) is 0 Å². The van der Waals surface area contributed by atoms with Gasteiger partial charge in [-0.3, -0.25) is 9.59 Å². The molecule has 0 saturated heterocycles. The van der Waals surface area contributed by atoms with E-state index in [1.807, 2.05) is 0 Å². The van der Waals surface area contributed by atoms with Crippen LogP contribution in [-0.4, -0.2) is 16.9 Å². The predicted octanol–water partition coefficient (Wildman–Crippen LogP) is 1.77. The van der Waals surface area contributed by atoms with E-state index in [9.17, 15) is 4.79 Å². The van der Waals surface area contributed by atoms with E-state index < -0.39 is 5.97 Å². The SMILES string of the molecule is CC(=O)O.N.O=C1CCCCC1. The third kappa shape index (κ3) is 11.8. The zero-order valence-corrected chi connectivity index (χ0v) is 7.51. The number of rotatable bonds is 0. The van der Waals surface area contributed by atoms with Crippen LogP contribution in [0.2, 0.25) is 0 Å². The van der Waals surface area contributed by atoms with E-state index in [-0.39, 0.29) is 6.15 Å². The average Bonchev–Trinajstić information content (AvgIpc) is 1.87. The number of carboxylic acids is 1. The van der Waals surface area contributed by atoms with Crippen LogP contribution < -0.4 is 6.15 Å². The molecule has 4 nitrogen and oxygen atoms in total. The van der Waals surface area contributed by atoms with Gasteiger partial charge in [-0.25, -0.2) is 0 Å². The smallest absolute Gasteiger partial charge is 0.300 e. The molecule has 1 saturated carbocycles. The molecule has 1 rings (SSSR count). The standard InChI is InChI=1S/C6H10O.C2H4O2.H3N/c7-6-4-2-1-3-5-6;1-2(3)4;/h1-5H2;1H3,(H,3,4);1H3. The molecule has 0 amide bonds. The maximum Gasteiger partial charge on any atom is 0.300 e. The molecule has 0 radical (unpaired) electrons. The Labute approximate surface area is 72.5 Å². The van der Waals surface area contributed by atoms with Crippen LogP contribution in [0.3, 0.4) is 0 Å². The Morgan fingerprint density at radius 1 is 1.25 bits per heavy atom. The molecule has 0 spiro atoms. The molecule has 0 aliphatic heterocycles. The van der Waals surface area contributed by atoms with Gasteiger partial charge in [0.25, 0.3) is 5.97 Å². The van der Waals surface area contributed by atoms with Gasteiger partial charge >= 0.3 is 0 Å². The Morgan fingerprint density at radius 2 is 1.58 bits per heavy atom. The van der Waals surface area contributed by atoms with E-state index in [1.54, 1.807) is 0 Å². The second-order valence-corrected chi connectivity index (χ2v) is 2.62. The highest BCUT2D eigenvalue weighted by Crippen LogP contribution is 2.12. The van der Waals surface area contributed by atoms with Crippen molar-refractivity contribution in [2.75, 3.05) is 0 Å². The van der Waals surface area contributed by atoms with Crippen molar-refractivity contribution in [2.45, 2.75) is 39.0 Å². The monoisotopic (exact) mass is 175 g/mol. The van der Waals surface area contributed by atoms with Crippen molar-refractivity contribution >= 4 is 11.8 Å². The summed E-state index contributed by atoms with van der Waals surface area (Å²) in [5, 5.41) is 7.42. The quantitative estimate of drug-likeness (QED) is 0.587. The summed E-state index contributed by atoms with van der Waals surface area (Å²) in [6, 6.07) is 0. The first-order valence-electron chi connectivity index (χ1n) is 3.84. The van der Waals surface area contributed by atoms with Gasteiger partial charge in [-0.05, 0) is 12.8 Å². The molecule has 4 heteroatoms. The lowest BCUT2D eigenvalue weighted by Crippen LogP contribution is -2.02. The van der Waals surface area contributed by atoms with Crippen molar-refractivity contribution in [1.82, 2.24) is 6.15 Å². The molecular formula is C8H17NO3. The van der Waals surface area contributed by atoms with Crippen LogP contribution in [0.1, 0.15) is 39.0 Å². The molecule has 0 aromatic carbocycles. The van der Waals surface area contributed by atoms with Gasteiger partial charge in [-0.2, -0.15) is 0 Å². The number of ketones is 1. The summed E-state index contributed by atoms with van der Waals surface area (Å²) < 4.78 is 0. The average molecular weight is 175 g/mol. The molecule has 0 bridgehead atoms. The maximum atomic E-state index is 10.5. The van der Waals surface area contributed by atoms with Crippen molar-refractivity contribution in [3.63, 3.8) is 0 Å². The van der Waals surface area contributed by atoms with E-state index in [0.717, 1.165) is 32.6 Å². The lowest BCUT2D eigenvalue weighted by atomic mass is 10.00. The second-order valence-electron chi connectivity index (χ2n) is 2.62. The molecule has 1 aliphatic rings. The molecule has 1 fully saturated rings. The topological polar surface area (TPSA) is 89.4 Å². The number of carboxylic acid groups (broad SMARTS) is 1. The Morgan fingerprint density at radius 3 is 1.75 bits per heavy atom. The van der Waals surface area contributed by atoms with Gasteiger partial charge in [-0.15, -0.1) is 0 Å². The highest BCUT2D eigenvalue weighted by Gasteiger charge is 2.05. The number of aliphatic carboxylic acids is 1. The number of Topliss-reactive ketones (excluding diaryl/α,β-unsaturated/α-hetero) is 1. The predicted molar refractivity (Wildman–Crippen MR) is 46.4 cm³/mol. The van der Waals surface area contributed by atoms with Crippen LogP contribution in [-0.2, 0) is 9.59 Å². The summed E-state index contributed by atoms with van der Waals surface area (Å²) in [6.45, 7) is 1.08. The Bertz CT molecular complexity index is 133. The highest BCUT2D eigenvalue weighted by atomic mass is 16.4. The minimum atomic E-state index is -0.833. The Hall–Kier alpha value is -0.900. The second kappa shape index (κ2) is 8.20. The molecule has 0 aromatic heterocycles. The van der Waals surface area contributed by atoms with Crippen LogP contribution >= 0.6 is 0 Å². The number of hydrogen-bond acceptors (Lipinski definition) is 3. The van der Waals surface area contributed by atoms with Crippen molar-refractivity contribution in [3.8, 4) is 0 Å². The molecule has 12 heavy (non-hydrogen) atoms. The van der Waals surface area contributed by atoms with Crippen molar-refractivity contribution in [1.29, 1.82) is 0 Å². The first-order valence-corrected chi connectivity index (χ1v) is 3.84. The van der Waals surface area contributed by atoms with Crippen LogP contribution in [0.15, 0.2) is 0 Å². The van der Waals surface area contributed by atoms with Gasteiger partial charge in [0.2, 0.25) is 0 Å². The first-order chi connectivity index (χ1) is 5.13. The van der Waals surface area contributed by atoms with E-state index >= 15 is 0 Å². The number of carbonyl (C=O) groups is 2. The van der Waals surface area contributed by atoms with Gasteiger partial charge in [0.1, 0.15) is 5.78 Å². The van der Waals surface area contributed by atoms with Crippen LogP contribution in [0.25, 0.3) is 0 Å². The van der Waals surface area contributed by atoms with Gasteiger partial charge in [-0.1, -0.05) is 6.42 Å². The molecular weight excluding hydrogens is 158 g/mol. The third-order valence-electron chi connectivity index (χ3n) is 1.41. The van der Waals surface area contributed by atoms with Crippen molar-refractivity contribution < 1.29 is 14.7 Å². The Balaban J connectivity index is 0. The summed E-state index contributed by atoms with van der Waals surface area (Å²) >= 11 is 0. The van der Waals surface area contributed by atoms with Gasteiger partial charge < -0.3 is 11.3 Å². The van der Waals surface area contributed by atoms with Gasteiger partial charge in [0.05, 0.1) is 0 Å². The minimum absolute atomic E-state index is 0. The van der Waals surface area contributed by atoms with Gasteiger partial charge in [0, 0.05) is 19.8 Å². The molecule has 0 atom stereocenters. The number of carbonyl (C=O) groups excluding carboxylic acids is 1. The zero-order valence-electron chi connectivity index (χ0n) is 7.51.